The van der Waals surface area contributed by atoms with Gasteiger partial charge in [0.15, 0.2) is 18.3 Å². The molecule has 0 aromatic heterocycles. The SMILES string of the molecule is C.Cc1cc(C)c(C=O)c(O)c1.Cc1cc(C)c(C=O)c(OS(=O)(=O)C(F)(F)F)c1.O=S(=O)(OS(=O)(=O)C(F)(F)F)C(F)(F)F. The van der Waals surface area contributed by atoms with Crippen LogP contribution in [0, 0.1) is 27.7 Å². The van der Waals surface area contributed by atoms with Crippen molar-refractivity contribution in [1.82, 2.24) is 0 Å². The minimum absolute atomic E-state index is 0. The highest BCUT2D eigenvalue weighted by atomic mass is 32.3. The molecule has 258 valence electrons. The molecular formula is C22H23F9O11S3. The Morgan fingerprint density at radius 3 is 1.24 bits per heavy atom. The van der Waals surface area contributed by atoms with Crippen LogP contribution in [0.25, 0.3) is 0 Å². The normalized spacial score (nSPS) is 12.4. The average molecular weight is 731 g/mol. The Hall–Kier alpha value is -3.44. The maximum Gasteiger partial charge on any atom is 0.534 e. The molecule has 0 atom stereocenters. The number of phenols is 1. The van der Waals surface area contributed by atoms with Gasteiger partial charge < -0.3 is 9.29 Å². The zero-order chi connectivity index (χ0) is 35.3. The van der Waals surface area contributed by atoms with Crippen LogP contribution in [0.1, 0.15) is 50.4 Å². The molecule has 0 radical (unpaired) electrons. The van der Waals surface area contributed by atoms with E-state index in [0.717, 1.165) is 17.2 Å². The van der Waals surface area contributed by atoms with Crippen LogP contribution >= 0.6 is 0 Å². The van der Waals surface area contributed by atoms with E-state index in [1.54, 1.807) is 13.0 Å². The highest BCUT2D eigenvalue weighted by Gasteiger charge is 2.57. The maximum atomic E-state index is 12.2. The third-order valence-corrected chi connectivity index (χ3v) is 8.00. The number of rotatable bonds is 6. The van der Waals surface area contributed by atoms with Gasteiger partial charge >= 0.3 is 46.9 Å². The van der Waals surface area contributed by atoms with Crippen LogP contribution in [-0.4, -0.2) is 59.5 Å². The van der Waals surface area contributed by atoms with E-state index in [9.17, 15) is 79.5 Å². The lowest BCUT2D eigenvalue weighted by atomic mass is 10.1. The summed E-state index contributed by atoms with van der Waals surface area (Å²) < 4.78 is 172. The molecule has 0 aliphatic heterocycles. The third kappa shape index (κ3) is 12.1. The zero-order valence-electron chi connectivity index (χ0n) is 22.1. The number of aromatic hydroxyl groups is 1. The van der Waals surface area contributed by atoms with E-state index in [2.05, 4.69) is 4.18 Å². The fourth-order valence-electron chi connectivity index (χ4n) is 2.63. The molecule has 0 heterocycles. The standard InChI is InChI=1S/C10H9F3O4S.C9H10O2.C2F6O5S2.CH4/c1-6-3-7(2)8(5-14)9(4-6)17-18(15,16)10(11,12)13;1-6-3-7(2)8(5-10)9(11)4-6;3-1(4,5)14(9,10)13-15(11,12)2(6,7)8;/h3-5H,1-2H3;3-5,11H,1-2H3;;1H4. The first-order valence-electron chi connectivity index (χ1n) is 10.6. The van der Waals surface area contributed by atoms with Crippen molar-refractivity contribution in [2.24, 2.45) is 0 Å². The van der Waals surface area contributed by atoms with Gasteiger partial charge in [0.05, 0.1) is 11.1 Å². The first kappa shape index (κ1) is 43.7. The summed E-state index contributed by atoms with van der Waals surface area (Å²) in [5.41, 5.74) is -15.3. The van der Waals surface area contributed by atoms with E-state index < -0.39 is 52.6 Å². The number of benzene rings is 2. The average Bonchev–Trinajstić information content (AvgIpc) is 2.76. The molecule has 2 aromatic carbocycles. The molecule has 23 heteroatoms. The van der Waals surface area contributed by atoms with Crippen molar-refractivity contribution >= 4 is 42.9 Å². The highest BCUT2D eigenvalue weighted by molar-refractivity contribution is 8.00. The number of aldehydes is 2. The molecule has 0 bridgehead atoms. The Bertz CT molecular complexity index is 1630. The maximum absolute atomic E-state index is 12.2. The summed E-state index contributed by atoms with van der Waals surface area (Å²) in [4.78, 5) is 21.1. The van der Waals surface area contributed by atoms with Crippen molar-refractivity contribution in [1.29, 1.82) is 0 Å². The molecule has 2 rings (SSSR count). The predicted octanol–water partition coefficient (Wildman–Crippen LogP) is 5.50. The Balaban J connectivity index is 0. The Kier molecular flexibility index (Phi) is 14.8. The second-order valence-electron chi connectivity index (χ2n) is 8.09. The largest absolute Gasteiger partial charge is 0.534 e. The predicted molar refractivity (Wildman–Crippen MR) is 138 cm³/mol. The van der Waals surface area contributed by atoms with Crippen molar-refractivity contribution in [2.45, 2.75) is 51.6 Å². The van der Waals surface area contributed by atoms with Gasteiger partial charge in [0, 0.05) is 0 Å². The lowest BCUT2D eigenvalue weighted by Gasteiger charge is -2.12. The molecule has 0 saturated carbocycles. The molecule has 0 unspecified atom stereocenters. The van der Waals surface area contributed by atoms with Gasteiger partial charge in [-0.05, 0) is 62.1 Å². The van der Waals surface area contributed by atoms with Gasteiger partial charge in [-0.25, -0.2) is 0 Å². The number of hydrogen-bond donors (Lipinski definition) is 1. The molecule has 0 spiro atoms. The summed E-state index contributed by atoms with van der Waals surface area (Å²) in [6.45, 7) is 6.68. The van der Waals surface area contributed by atoms with E-state index in [-0.39, 0.29) is 25.0 Å². The summed E-state index contributed by atoms with van der Waals surface area (Å²) in [6, 6.07) is 6.02. The van der Waals surface area contributed by atoms with Crippen LogP contribution < -0.4 is 4.18 Å². The second kappa shape index (κ2) is 15.2. The number of alkyl halides is 9. The minimum atomic E-state index is -6.85. The van der Waals surface area contributed by atoms with Crippen LogP contribution in [0.5, 0.6) is 11.5 Å². The Labute approximate surface area is 250 Å². The van der Waals surface area contributed by atoms with Gasteiger partial charge in [-0.1, -0.05) is 19.6 Å². The van der Waals surface area contributed by atoms with Gasteiger partial charge in [0.1, 0.15) is 5.75 Å². The van der Waals surface area contributed by atoms with Crippen molar-refractivity contribution in [2.75, 3.05) is 0 Å². The quantitative estimate of drug-likeness (QED) is 0.172. The van der Waals surface area contributed by atoms with Gasteiger partial charge in [-0.2, -0.15) is 64.8 Å². The van der Waals surface area contributed by atoms with Gasteiger partial charge in [0.2, 0.25) is 0 Å². The molecule has 0 aliphatic carbocycles. The summed E-state index contributed by atoms with van der Waals surface area (Å²) >= 11 is 0. The Morgan fingerprint density at radius 1 is 0.600 bits per heavy atom. The molecule has 0 aliphatic rings. The van der Waals surface area contributed by atoms with Crippen LogP contribution in [-0.2, 0) is 34.0 Å². The summed E-state index contributed by atoms with van der Waals surface area (Å²) in [5.74, 6) is -0.558. The molecule has 0 amide bonds. The monoisotopic (exact) mass is 730 g/mol. The molecule has 11 nitrogen and oxygen atoms in total. The molecule has 2 aromatic rings. The van der Waals surface area contributed by atoms with E-state index in [1.165, 1.54) is 19.9 Å². The summed E-state index contributed by atoms with van der Waals surface area (Å²) in [6.07, 6.45) is 0.917. The third-order valence-electron chi connectivity index (χ3n) is 4.47. The number of carbonyl (C=O) groups excluding carboxylic acids is 2. The van der Waals surface area contributed by atoms with Gasteiger partial charge in [-0.15, -0.1) is 3.63 Å². The molecule has 45 heavy (non-hydrogen) atoms. The van der Waals surface area contributed by atoms with Crippen LogP contribution in [0.15, 0.2) is 24.3 Å². The van der Waals surface area contributed by atoms with Gasteiger partial charge in [0.25, 0.3) is 0 Å². The fourth-order valence-corrected chi connectivity index (χ4v) is 4.66. The van der Waals surface area contributed by atoms with E-state index >= 15 is 0 Å². The van der Waals surface area contributed by atoms with Gasteiger partial charge in [-0.3, -0.25) is 9.59 Å². The van der Waals surface area contributed by atoms with Crippen molar-refractivity contribution in [3.63, 3.8) is 0 Å². The van der Waals surface area contributed by atoms with Crippen LogP contribution in [0.3, 0.4) is 0 Å². The topological polar surface area (TPSA) is 175 Å². The minimum Gasteiger partial charge on any atom is -0.507 e. The first-order valence-corrected chi connectivity index (χ1v) is 14.8. The highest BCUT2D eigenvalue weighted by Crippen LogP contribution is 2.32. The van der Waals surface area contributed by atoms with Crippen molar-refractivity contribution < 1.29 is 87.3 Å². The van der Waals surface area contributed by atoms with Crippen molar-refractivity contribution in [3.05, 3.63) is 57.6 Å². The smallest absolute Gasteiger partial charge is 0.507 e. The van der Waals surface area contributed by atoms with Crippen LogP contribution in [0.4, 0.5) is 39.5 Å². The number of hydrogen-bond acceptors (Lipinski definition) is 11. The number of phenolic OH excluding ortho intramolecular Hbond substituents is 1. The molecular weight excluding hydrogens is 707 g/mol. The molecule has 0 saturated heterocycles. The summed E-state index contributed by atoms with van der Waals surface area (Å²) in [7, 11) is -19.5. The molecule has 1 N–H and O–H groups in total. The first-order chi connectivity index (χ1) is 19.4. The van der Waals surface area contributed by atoms with Crippen LogP contribution in [0.2, 0.25) is 0 Å². The van der Waals surface area contributed by atoms with Crippen molar-refractivity contribution in [3.8, 4) is 11.5 Å². The number of carbonyl (C=O) groups is 2. The Morgan fingerprint density at radius 2 is 0.933 bits per heavy atom. The fraction of sp³-hybridized carbons (Fsp3) is 0.364. The second-order valence-corrected chi connectivity index (χ2v) is 12.9. The zero-order valence-corrected chi connectivity index (χ0v) is 24.6. The lowest BCUT2D eigenvalue weighted by molar-refractivity contribution is -0.0586. The lowest BCUT2D eigenvalue weighted by Crippen LogP contribution is -2.34. The number of halogens is 9. The summed E-state index contributed by atoms with van der Waals surface area (Å²) in [5, 5.41) is 9.24. The molecule has 0 fully saturated rings. The van der Waals surface area contributed by atoms with E-state index in [4.69, 9.17) is 0 Å². The van der Waals surface area contributed by atoms with E-state index in [1.807, 2.05) is 16.6 Å². The van der Waals surface area contributed by atoms with E-state index in [0.29, 0.717) is 23.0 Å². The number of aryl methyl sites for hydroxylation is 4.